The Labute approximate surface area is 142 Å². The van der Waals surface area contributed by atoms with Gasteiger partial charge in [0, 0.05) is 45.9 Å². The van der Waals surface area contributed by atoms with Crippen molar-refractivity contribution in [3.8, 4) is 5.88 Å². The Morgan fingerprint density at radius 1 is 1.25 bits per heavy atom. The third kappa shape index (κ3) is 6.06. The maximum absolute atomic E-state index is 11.7. The highest BCUT2D eigenvalue weighted by molar-refractivity contribution is 5.77. The summed E-state index contributed by atoms with van der Waals surface area (Å²) in [6.45, 7) is 0.694. The second kappa shape index (κ2) is 9.10. The summed E-state index contributed by atoms with van der Waals surface area (Å²) in [5.41, 5.74) is 0.897. The minimum Gasteiger partial charge on any atom is -0.474 e. The number of carbonyl (C=O) groups is 2. The predicted octanol–water partition coefficient (Wildman–Crippen LogP) is 1.68. The maximum atomic E-state index is 11.7. The Morgan fingerprint density at radius 3 is 2.62 bits per heavy atom. The van der Waals surface area contributed by atoms with Gasteiger partial charge in [-0.15, -0.1) is 0 Å². The van der Waals surface area contributed by atoms with Crippen LogP contribution in [0.1, 0.15) is 37.7 Å². The second-order valence-corrected chi connectivity index (χ2v) is 6.18. The molecule has 7 nitrogen and oxygen atoms in total. The van der Waals surface area contributed by atoms with Gasteiger partial charge in [-0.2, -0.15) is 0 Å². The van der Waals surface area contributed by atoms with Crippen molar-refractivity contribution < 1.29 is 14.3 Å². The van der Waals surface area contributed by atoms with E-state index in [-0.39, 0.29) is 24.5 Å². The number of carbonyl (C=O) groups excluding carboxylic acids is 2. The van der Waals surface area contributed by atoms with E-state index in [1.807, 2.05) is 12.1 Å². The largest absolute Gasteiger partial charge is 0.474 e. The zero-order valence-electron chi connectivity index (χ0n) is 14.4. The lowest BCUT2D eigenvalue weighted by Crippen LogP contribution is -2.37. The van der Waals surface area contributed by atoms with Crippen molar-refractivity contribution >= 4 is 11.9 Å². The van der Waals surface area contributed by atoms with Gasteiger partial charge in [-0.1, -0.05) is 6.07 Å². The number of hydrogen-bond donors (Lipinski definition) is 2. The molecule has 1 aromatic rings. The number of rotatable bonds is 7. The first-order valence-corrected chi connectivity index (χ1v) is 8.38. The SMILES string of the molecule is CN(C)C(=O)CCNC(=O)NCc1ccc(OC2CCCC2)nc1. The average Bonchev–Trinajstić information content (AvgIpc) is 3.07. The van der Waals surface area contributed by atoms with Crippen molar-refractivity contribution in [2.75, 3.05) is 20.6 Å². The van der Waals surface area contributed by atoms with Gasteiger partial charge in [0.15, 0.2) is 0 Å². The van der Waals surface area contributed by atoms with Crippen molar-refractivity contribution in [1.29, 1.82) is 0 Å². The second-order valence-electron chi connectivity index (χ2n) is 6.18. The zero-order chi connectivity index (χ0) is 17.4. The molecule has 0 saturated heterocycles. The van der Waals surface area contributed by atoms with Crippen molar-refractivity contribution in [3.63, 3.8) is 0 Å². The third-order valence-electron chi connectivity index (χ3n) is 3.96. The minimum absolute atomic E-state index is 0.0163. The fourth-order valence-corrected chi connectivity index (χ4v) is 2.51. The highest BCUT2D eigenvalue weighted by atomic mass is 16.5. The molecule has 24 heavy (non-hydrogen) atoms. The molecule has 2 rings (SSSR count). The first-order valence-electron chi connectivity index (χ1n) is 8.38. The summed E-state index contributed by atoms with van der Waals surface area (Å²) in [6, 6.07) is 3.43. The summed E-state index contributed by atoms with van der Waals surface area (Å²) in [6.07, 6.45) is 6.93. The van der Waals surface area contributed by atoms with E-state index < -0.39 is 0 Å². The molecule has 1 fully saturated rings. The number of nitrogens with zero attached hydrogens (tertiary/aromatic N) is 2. The molecule has 1 aliphatic carbocycles. The molecule has 0 aliphatic heterocycles. The fraction of sp³-hybridized carbons (Fsp3) is 0.588. The molecule has 0 radical (unpaired) electrons. The van der Waals surface area contributed by atoms with E-state index >= 15 is 0 Å². The monoisotopic (exact) mass is 334 g/mol. The van der Waals surface area contributed by atoms with Crippen LogP contribution in [0.15, 0.2) is 18.3 Å². The van der Waals surface area contributed by atoms with E-state index in [1.54, 1.807) is 20.3 Å². The molecule has 0 unspecified atom stereocenters. The van der Waals surface area contributed by atoms with Gasteiger partial charge < -0.3 is 20.3 Å². The first kappa shape index (κ1) is 18.0. The van der Waals surface area contributed by atoms with Crippen LogP contribution in [0.2, 0.25) is 0 Å². The van der Waals surface area contributed by atoms with E-state index in [2.05, 4.69) is 15.6 Å². The van der Waals surface area contributed by atoms with Crippen LogP contribution in [0, 0.1) is 0 Å². The molecule has 1 aliphatic rings. The van der Waals surface area contributed by atoms with E-state index in [1.165, 1.54) is 17.7 Å². The Balaban J connectivity index is 1.66. The highest BCUT2D eigenvalue weighted by Gasteiger charge is 2.16. The number of aromatic nitrogens is 1. The summed E-state index contributed by atoms with van der Waals surface area (Å²) < 4.78 is 5.80. The molecule has 132 valence electrons. The standard InChI is InChI=1S/C17H26N4O3/c1-21(2)16(22)9-10-18-17(23)20-12-13-7-8-15(19-11-13)24-14-5-3-4-6-14/h7-8,11,14H,3-6,9-10,12H2,1-2H3,(H2,18,20,23). The fourth-order valence-electron chi connectivity index (χ4n) is 2.51. The highest BCUT2D eigenvalue weighted by Crippen LogP contribution is 2.22. The minimum atomic E-state index is -0.298. The van der Waals surface area contributed by atoms with Crippen LogP contribution in [0.4, 0.5) is 4.79 Å². The molecule has 0 spiro atoms. The molecule has 1 heterocycles. The summed E-state index contributed by atoms with van der Waals surface area (Å²) in [7, 11) is 3.38. The van der Waals surface area contributed by atoms with Crippen LogP contribution in [-0.2, 0) is 11.3 Å². The van der Waals surface area contributed by atoms with E-state index in [0.29, 0.717) is 19.0 Å². The normalized spacial score (nSPS) is 14.2. The molecular weight excluding hydrogens is 308 g/mol. The van der Waals surface area contributed by atoms with Gasteiger partial charge in [0.25, 0.3) is 0 Å². The number of nitrogens with one attached hydrogen (secondary N) is 2. The molecule has 0 atom stereocenters. The third-order valence-corrected chi connectivity index (χ3v) is 3.96. The van der Waals surface area contributed by atoms with Gasteiger partial charge in [0.2, 0.25) is 11.8 Å². The molecule has 3 amide bonds. The van der Waals surface area contributed by atoms with Gasteiger partial charge in [-0.3, -0.25) is 4.79 Å². The topological polar surface area (TPSA) is 83.6 Å². The summed E-state index contributed by atoms with van der Waals surface area (Å²) in [5.74, 6) is 0.620. The number of amides is 3. The van der Waals surface area contributed by atoms with Crippen molar-refractivity contribution in [1.82, 2.24) is 20.5 Å². The first-order chi connectivity index (χ1) is 11.5. The Bertz CT molecular complexity index is 539. The summed E-state index contributed by atoms with van der Waals surface area (Å²) in [5, 5.41) is 5.39. The number of pyridine rings is 1. The van der Waals surface area contributed by atoms with Gasteiger partial charge in [-0.05, 0) is 31.2 Å². The number of hydrogen-bond acceptors (Lipinski definition) is 4. The van der Waals surface area contributed by atoms with Crippen molar-refractivity contribution in [2.24, 2.45) is 0 Å². The molecule has 7 heteroatoms. The van der Waals surface area contributed by atoms with E-state index in [0.717, 1.165) is 18.4 Å². The Hall–Kier alpha value is -2.31. The van der Waals surface area contributed by atoms with Gasteiger partial charge in [0.1, 0.15) is 6.10 Å². The molecule has 1 saturated carbocycles. The van der Waals surface area contributed by atoms with Crippen LogP contribution in [0.5, 0.6) is 5.88 Å². The Kier molecular flexibility index (Phi) is 6.84. The van der Waals surface area contributed by atoms with Crippen LogP contribution in [0.3, 0.4) is 0 Å². The predicted molar refractivity (Wildman–Crippen MR) is 90.7 cm³/mol. The average molecular weight is 334 g/mol. The summed E-state index contributed by atoms with van der Waals surface area (Å²) in [4.78, 5) is 28.8. The quantitative estimate of drug-likeness (QED) is 0.795. The molecule has 0 aromatic carbocycles. The Morgan fingerprint density at radius 2 is 2.00 bits per heavy atom. The smallest absolute Gasteiger partial charge is 0.315 e. The van der Waals surface area contributed by atoms with E-state index in [9.17, 15) is 9.59 Å². The van der Waals surface area contributed by atoms with Crippen molar-refractivity contribution in [3.05, 3.63) is 23.9 Å². The lowest BCUT2D eigenvalue weighted by Gasteiger charge is -2.12. The number of ether oxygens (including phenoxy) is 1. The zero-order valence-corrected chi connectivity index (χ0v) is 14.4. The lowest BCUT2D eigenvalue weighted by molar-refractivity contribution is -0.128. The van der Waals surface area contributed by atoms with Gasteiger partial charge in [0.05, 0.1) is 0 Å². The van der Waals surface area contributed by atoms with Gasteiger partial charge >= 0.3 is 6.03 Å². The van der Waals surface area contributed by atoms with Crippen LogP contribution >= 0.6 is 0 Å². The lowest BCUT2D eigenvalue weighted by atomic mass is 10.3. The molecule has 1 aromatic heterocycles. The summed E-state index contributed by atoms with van der Waals surface area (Å²) >= 11 is 0. The van der Waals surface area contributed by atoms with Crippen molar-refractivity contribution in [2.45, 2.75) is 44.8 Å². The molecular formula is C17H26N4O3. The molecule has 0 bridgehead atoms. The number of urea groups is 1. The molecule has 2 N–H and O–H groups in total. The van der Waals surface area contributed by atoms with E-state index in [4.69, 9.17) is 4.74 Å². The van der Waals surface area contributed by atoms with Crippen LogP contribution in [0.25, 0.3) is 0 Å². The van der Waals surface area contributed by atoms with Gasteiger partial charge in [-0.25, -0.2) is 9.78 Å². The maximum Gasteiger partial charge on any atom is 0.315 e. The van der Waals surface area contributed by atoms with Crippen LogP contribution in [-0.4, -0.2) is 48.6 Å². The van der Waals surface area contributed by atoms with Crippen LogP contribution < -0.4 is 15.4 Å².